The molecule has 1 aromatic rings. The molecule has 0 aliphatic carbocycles. The molecule has 0 bridgehead atoms. The summed E-state index contributed by atoms with van der Waals surface area (Å²) in [4.78, 5) is 1.86. The van der Waals surface area contributed by atoms with Gasteiger partial charge in [-0.1, -0.05) is 12.1 Å². The van der Waals surface area contributed by atoms with Crippen LogP contribution < -0.4 is 5.32 Å². The van der Waals surface area contributed by atoms with Crippen LogP contribution in [0.2, 0.25) is 0 Å². The summed E-state index contributed by atoms with van der Waals surface area (Å²) in [6.45, 7) is 0. The Morgan fingerprint density at radius 3 is 2.54 bits per heavy atom. The van der Waals surface area contributed by atoms with Gasteiger partial charge in [-0.2, -0.15) is 0 Å². The number of para-hydroxylation sites is 1. The summed E-state index contributed by atoms with van der Waals surface area (Å²) in [6.07, 6.45) is 0. The topological polar surface area (TPSA) is 15.3 Å². The standard InChI is InChI=1S/C9H11BrN2S/c1-12(2)9(13)11-8-6-4-3-5-7(8)10/h3-6H,1-2H3,(H,11,13). The molecule has 13 heavy (non-hydrogen) atoms. The highest BCUT2D eigenvalue weighted by atomic mass is 79.9. The zero-order valence-electron chi connectivity index (χ0n) is 7.54. The summed E-state index contributed by atoms with van der Waals surface area (Å²) < 4.78 is 1.01. The van der Waals surface area contributed by atoms with Crippen molar-refractivity contribution in [1.82, 2.24) is 4.90 Å². The molecule has 0 aliphatic heterocycles. The zero-order chi connectivity index (χ0) is 9.84. The van der Waals surface area contributed by atoms with Crippen molar-refractivity contribution in [3.63, 3.8) is 0 Å². The van der Waals surface area contributed by atoms with Crippen LogP contribution in [0.25, 0.3) is 0 Å². The van der Waals surface area contributed by atoms with Crippen LogP contribution in [0.15, 0.2) is 28.7 Å². The molecule has 1 N–H and O–H groups in total. The van der Waals surface area contributed by atoms with Crippen molar-refractivity contribution >= 4 is 38.9 Å². The van der Waals surface area contributed by atoms with Gasteiger partial charge in [0.1, 0.15) is 0 Å². The third-order valence-corrected chi connectivity index (χ3v) is 2.68. The third kappa shape index (κ3) is 2.97. The summed E-state index contributed by atoms with van der Waals surface area (Å²) in [6, 6.07) is 7.87. The zero-order valence-corrected chi connectivity index (χ0v) is 9.95. The Kier molecular flexibility index (Phi) is 3.69. The molecule has 0 saturated heterocycles. The van der Waals surface area contributed by atoms with Gasteiger partial charge in [-0.15, -0.1) is 0 Å². The minimum Gasteiger partial charge on any atom is -0.355 e. The predicted molar refractivity (Wildman–Crippen MR) is 64.0 cm³/mol. The average molecular weight is 259 g/mol. The Balaban J connectivity index is 2.75. The Bertz CT molecular complexity index is 312. The number of thiocarbonyl (C=S) groups is 1. The van der Waals surface area contributed by atoms with Gasteiger partial charge < -0.3 is 10.2 Å². The fraction of sp³-hybridized carbons (Fsp3) is 0.222. The number of hydrogen-bond acceptors (Lipinski definition) is 1. The van der Waals surface area contributed by atoms with Gasteiger partial charge in [-0.05, 0) is 40.3 Å². The van der Waals surface area contributed by atoms with Crippen molar-refractivity contribution < 1.29 is 0 Å². The number of nitrogens with one attached hydrogen (secondary N) is 1. The first-order valence-corrected chi connectivity index (χ1v) is 5.04. The van der Waals surface area contributed by atoms with E-state index in [0.29, 0.717) is 5.11 Å². The molecular weight excluding hydrogens is 248 g/mol. The summed E-state index contributed by atoms with van der Waals surface area (Å²) in [5.74, 6) is 0. The molecule has 0 amide bonds. The van der Waals surface area contributed by atoms with Gasteiger partial charge in [0.2, 0.25) is 0 Å². The van der Waals surface area contributed by atoms with Crippen molar-refractivity contribution in [2.24, 2.45) is 0 Å². The van der Waals surface area contributed by atoms with Gasteiger partial charge in [0.25, 0.3) is 0 Å². The quantitative estimate of drug-likeness (QED) is 0.781. The van der Waals surface area contributed by atoms with Crippen LogP contribution in [0.3, 0.4) is 0 Å². The van der Waals surface area contributed by atoms with Gasteiger partial charge in [-0.25, -0.2) is 0 Å². The van der Waals surface area contributed by atoms with E-state index in [2.05, 4.69) is 21.2 Å². The van der Waals surface area contributed by atoms with Crippen molar-refractivity contribution in [1.29, 1.82) is 0 Å². The lowest BCUT2D eigenvalue weighted by Crippen LogP contribution is -2.27. The predicted octanol–water partition coefficient (Wildman–Crippen LogP) is 2.71. The fourth-order valence-corrected chi connectivity index (χ4v) is 1.28. The molecule has 0 unspecified atom stereocenters. The maximum Gasteiger partial charge on any atom is 0.172 e. The van der Waals surface area contributed by atoms with E-state index in [4.69, 9.17) is 12.2 Å². The second kappa shape index (κ2) is 4.58. The smallest absolute Gasteiger partial charge is 0.172 e. The minimum absolute atomic E-state index is 0.701. The largest absolute Gasteiger partial charge is 0.355 e. The molecule has 0 heterocycles. The molecule has 1 rings (SSSR count). The van der Waals surface area contributed by atoms with E-state index in [9.17, 15) is 0 Å². The number of benzene rings is 1. The molecule has 0 aromatic heterocycles. The van der Waals surface area contributed by atoms with Gasteiger partial charge in [-0.3, -0.25) is 0 Å². The molecule has 0 radical (unpaired) electrons. The first-order valence-electron chi connectivity index (χ1n) is 3.84. The molecule has 1 aromatic carbocycles. The summed E-state index contributed by atoms with van der Waals surface area (Å²) >= 11 is 8.55. The van der Waals surface area contributed by atoms with Gasteiger partial charge in [0.15, 0.2) is 5.11 Å². The average Bonchev–Trinajstić information content (AvgIpc) is 2.08. The molecular formula is C9H11BrN2S. The molecule has 0 saturated carbocycles. The second-order valence-electron chi connectivity index (χ2n) is 2.80. The van der Waals surface area contributed by atoms with Crippen LogP contribution in [-0.4, -0.2) is 24.1 Å². The summed E-state index contributed by atoms with van der Waals surface area (Å²) in [5, 5.41) is 3.82. The molecule has 0 aliphatic rings. The van der Waals surface area contributed by atoms with E-state index in [-0.39, 0.29) is 0 Å². The highest BCUT2D eigenvalue weighted by molar-refractivity contribution is 9.10. The lowest BCUT2D eigenvalue weighted by Gasteiger charge is -2.16. The van der Waals surface area contributed by atoms with Crippen molar-refractivity contribution in [3.8, 4) is 0 Å². The summed E-state index contributed by atoms with van der Waals surface area (Å²) in [5.41, 5.74) is 0.987. The molecule has 0 spiro atoms. The summed E-state index contributed by atoms with van der Waals surface area (Å²) in [7, 11) is 3.82. The van der Waals surface area contributed by atoms with Crippen LogP contribution >= 0.6 is 28.1 Å². The Labute approximate surface area is 92.1 Å². The molecule has 2 nitrogen and oxygen atoms in total. The molecule has 0 atom stereocenters. The molecule has 70 valence electrons. The number of hydrogen-bond donors (Lipinski definition) is 1. The highest BCUT2D eigenvalue weighted by Gasteiger charge is 2.01. The van der Waals surface area contributed by atoms with E-state index < -0.39 is 0 Å². The monoisotopic (exact) mass is 258 g/mol. The third-order valence-electron chi connectivity index (χ3n) is 1.52. The molecule has 0 fully saturated rings. The highest BCUT2D eigenvalue weighted by Crippen LogP contribution is 2.21. The second-order valence-corrected chi connectivity index (χ2v) is 4.05. The van der Waals surface area contributed by atoms with Crippen molar-refractivity contribution in [2.75, 3.05) is 19.4 Å². The Morgan fingerprint density at radius 1 is 1.38 bits per heavy atom. The minimum atomic E-state index is 0.701. The van der Waals surface area contributed by atoms with Crippen LogP contribution in [0.5, 0.6) is 0 Å². The van der Waals surface area contributed by atoms with Crippen LogP contribution in [0.1, 0.15) is 0 Å². The van der Waals surface area contributed by atoms with E-state index >= 15 is 0 Å². The van der Waals surface area contributed by atoms with Crippen molar-refractivity contribution in [3.05, 3.63) is 28.7 Å². The number of rotatable bonds is 1. The van der Waals surface area contributed by atoms with E-state index in [0.717, 1.165) is 10.2 Å². The normalized spacial score (nSPS) is 9.46. The van der Waals surface area contributed by atoms with Crippen LogP contribution in [-0.2, 0) is 0 Å². The first-order chi connectivity index (χ1) is 6.11. The van der Waals surface area contributed by atoms with Gasteiger partial charge in [0, 0.05) is 18.6 Å². The SMILES string of the molecule is CN(C)C(=S)Nc1ccccc1Br. The Hall–Kier alpha value is -0.610. The van der Waals surface area contributed by atoms with Gasteiger partial charge >= 0.3 is 0 Å². The maximum atomic E-state index is 5.11. The van der Waals surface area contributed by atoms with Crippen molar-refractivity contribution in [2.45, 2.75) is 0 Å². The fourth-order valence-electron chi connectivity index (χ4n) is 0.790. The van der Waals surface area contributed by atoms with E-state index in [1.54, 1.807) is 0 Å². The van der Waals surface area contributed by atoms with Crippen LogP contribution in [0.4, 0.5) is 5.69 Å². The van der Waals surface area contributed by atoms with Gasteiger partial charge in [0.05, 0.1) is 5.69 Å². The lowest BCUT2D eigenvalue weighted by molar-refractivity contribution is 0.634. The van der Waals surface area contributed by atoms with Crippen LogP contribution in [0, 0.1) is 0 Å². The maximum absolute atomic E-state index is 5.11. The first kappa shape index (κ1) is 10.5. The Morgan fingerprint density at radius 2 is 2.00 bits per heavy atom. The number of nitrogens with zero attached hydrogens (tertiary/aromatic N) is 1. The lowest BCUT2D eigenvalue weighted by atomic mass is 10.3. The molecule has 4 heteroatoms. The number of halogens is 1. The number of anilines is 1. The van der Waals surface area contributed by atoms with E-state index in [1.807, 2.05) is 43.3 Å². The van der Waals surface area contributed by atoms with E-state index in [1.165, 1.54) is 0 Å².